The van der Waals surface area contributed by atoms with Gasteiger partial charge in [-0.05, 0) is 64.5 Å². The van der Waals surface area contributed by atoms with Crippen LogP contribution in [-0.2, 0) is 6.42 Å². The number of benzene rings is 2. The van der Waals surface area contributed by atoms with Gasteiger partial charge in [0.2, 0.25) is 0 Å². The van der Waals surface area contributed by atoms with Crippen LogP contribution >= 0.6 is 15.9 Å². The van der Waals surface area contributed by atoms with Gasteiger partial charge in [0, 0.05) is 5.69 Å². The van der Waals surface area contributed by atoms with Crippen molar-refractivity contribution < 1.29 is 4.39 Å². The van der Waals surface area contributed by atoms with Gasteiger partial charge in [0.05, 0.1) is 10.5 Å². The van der Waals surface area contributed by atoms with E-state index in [0.29, 0.717) is 4.47 Å². The largest absolute Gasteiger partial charge is 0.378 e. The van der Waals surface area contributed by atoms with E-state index in [9.17, 15) is 4.39 Å². The molecule has 1 unspecified atom stereocenters. The van der Waals surface area contributed by atoms with E-state index in [2.05, 4.69) is 45.5 Å². The Hall–Kier alpha value is -1.35. The third-order valence-electron chi connectivity index (χ3n) is 3.73. The van der Waals surface area contributed by atoms with Crippen molar-refractivity contribution in [3.63, 3.8) is 0 Å². The molecular weight excluding hydrogens is 305 g/mol. The average Bonchev–Trinajstić information content (AvgIpc) is 2.80. The van der Waals surface area contributed by atoms with Crippen LogP contribution in [0, 0.1) is 12.7 Å². The Morgan fingerprint density at radius 2 is 2.05 bits per heavy atom. The molecule has 1 aliphatic carbocycles. The summed E-state index contributed by atoms with van der Waals surface area (Å²) in [5, 5.41) is 3.47. The molecule has 2 aromatic carbocycles. The summed E-state index contributed by atoms with van der Waals surface area (Å²) in [4.78, 5) is 0. The molecule has 0 aliphatic heterocycles. The quantitative estimate of drug-likeness (QED) is 0.821. The molecule has 0 amide bonds. The summed E-state index contributed by atoms with van der Waals surface area (Å²) in [5.74, 6) is -0.223. The number of halogens is 2. The highest BCUT2D eigenvalue weighted by Gasteiger charge is 2.22. The lowest BCUT2D eigenvalue weighted by atomic mass is 10.1. The molecule has 1 N–H and O–H groups in total. The standard InChI is InChI=1S/C16H15BrFN/c1-10-8-13(17)14(18)9-16(10)19-15-7-6-11-4-2-3-5-12(11)15/h2-5,8-9,15,19H,6-7H2,1H3. The second kappa shape index (κ2) is 4.97. The van der Waals surface area contributed by atoms with E-state index in [-0.39, 0.29) is 11.9 Å². The van der Waals surface area contributed by atoms with Gasteiger partial charge in [-0.3, -0.25) is 0 Å². The highest BCUT2D eigenvalue weighted by molar-refractivity contribution is 9.10. The van der Waals surface area contributed by atoms with Crippen molar-refractivity contribution in [3.05, 3.63) is 63.4 Å². The Kier molecular flexibility index (Phi) is 3.31. The monoisotopic (exact) mass is 319 g/mol. The highest BCUT2D eigenvalue weighted by atomic mass is 79.9. The van der Waals surface area contributed by atoms with Crippen LogP contribution in [-0.4, -0.2) is 0 Å². The summed E-state index contributed by atoms with van der Waals surface area (Å²) in [6, 6.07) is 12.1. The Morgan fingerprint density at radius 3 is 2.89 bits per heavy atom. The molecule has 3 rings (SSSR count). The molecule has 0 saturated heterocycles. The Morgan fingerprint density at radius 1 is 1.26 bits per heavy atom. The minimum absolute atomic E-state index is 0.223. The molecule has 98 valence electrons. The van der Waals surface area contributed by atoms with Gasteiger partial charge < -0.3 is 5.32 Å². The number of nitrogens with one attached hydrogen (secondary N) is 1. The number of hydrogen-bond donors (Lipinski definition) is 1. The molecular formula is C16H15BrFN. The average molecular weight is 320 g/mol. The van der Waals surface area contributed by atoms with Gasteiger partial charge in [0.1, 0.15) is 5.82 Å². The molecule has 19 heavy (non-hydrogen) atoms. The van der Waals surface area contributed by atoms with Crippen LogP contribution in [0.5, 0.6) is 0 Å². The van der Waals surface area contributed by atoms with Crippen LogP contribution < -0.4 is 5.32 Å². The van der Waals surface area contributed by atoms with E-state index in [1.54, 1.807) is 6.07 Å². The zero-order valence-electron chi connectivity index (χ0n) is 10.7. The maximum absolute atomic E-state index is 13.6. The van der Waals surface area contributed by atoms with Gasteiger partial charge >= 0.3 is 0 Å². The Labute approximate surface area is 121 Å². The zero-order valence-corrected chi connectivity index (χ0v) is 12.3. The minimum atomic E-state index is -0.223. The SMILES string of the molecule is Cc1cc(Br)c(F)cc1NC1CCc2ccccc21. The van der Waals surface area contributed by atoms with Gasteiger partial charge in [-0.1, -0.05) is 24.3 Å². The molecule has 0 spiro atoms. The van der Waals surface area contributed by atoms with Crippen LogP contribution in [0.25, 0.3) is 0 Å². The second-order valence-corrected chi connectivity index (χ2v) is 5.87. The number of hydrogen-bond acceptors (Lipinski definition) is 1. The molecule has 0 aromatic heterocycles. The van der Waals surface area contributed by atoms with Gasteiger partial charge in [0.25, 0.3) is 0 Å². The molecule has 0 radical (unpaired) electrons. The maximum Gasteiger partial charge on any atom is 0.139 e. The summed E-state index contributed by atoms with van der Waals surface area (Å²) in [5.41, 5.74) is 4.67. The molecule has 0 saturated carbocycles. The lowest BCUT2D eigenvalue weighted by Gasteiger charge is -2.18. The Balaban J connectivity index is 1.89. The number of anilines is 1. The fourth-order valence-electron chi connectivity index (χ4n) is 2.70. The summed E-state index contributed by atoms with van der Waals surface area (Å²) in [6.45, 7) is 1.99. The first-order chi connectivity index (χ1) is 9.15. The van der Waals surface area contributed by atoms with E-state index in [1.807, 2.05) is 13.0 Å². The predicted octanol–water partition coefficient (Wildman–Crippen LogP) is 5.00. The molecule has 1 atom stereocenters. The van der Waals surface area contributed by atoms with Crippen molar-refractivity contribution in [1.29, 1.82) is 0 Å². The first-order valence-electron chi connectivity index (χ1n) is 6.45. The van der Waals surface area contributed by atoms with Crippen molar-refractivity contribution in [3.8, 4) is 0 Å². The summed E-state index contributed by atoms with van der Waals surface area (Å²) in [7, 11) is 0. The number of fused-ring (bicyclic) bond motifs is 1. The highest BCUT2D eigenvalue weighted by Crippen LogP contribution is 2.35. The van der Waals surface area contributed by atoms with Crippen LogP contribution in [0.1, 0.15) is 29.2 Å². The molecule has 0 fully saturated rings. The van der Waals surface area contributed by atoms with Crippen molar-refractivity contribution in [2.75, 3.05) is 5.32 Å². The first-order valence-corrected chi connectivity index (χ1v) is 7.24. The molecule has 0 heterocycles. The third-order valence-corrected chi connectivity index (χ3v) is 4.34. The maximum atomic E-state index is 13.6. The number of rotatable bonds is 2. The summed E-state index contributed by atoms with van der Waals surface area (Å²) < 4.78 is 14.2. The van der Waals surface area contributed by atoms with Crippen molar-refractivity contribution in [2.24, 2.45) is 0 Å². The first kappa shape index (κ1) is 12.7. The van der Waals surface area contributed by atoms with Crippen molar-refractivity contribution in [2.45, 2.75) is 25.8 Å². The smallest absolute Gasteiger partial charge is 0.139 e. The van der Waals surface area contributed by atoms with E-state index >= 15 is 0 Å². The Bertz CT molecular complexity index is 624. The normalized spacial score (nSPS) is 17.3. The molecule has 1 aliphatic rings. The lowest BCUT2D eigenvalue weighted by molar-refractivity contribution is 0.620. The van der Waals surface area contributed by atoms with Crippen molar-refractivity contribution in [1.82, 2.24) is 0 Å². The van der Waals surface area contributed by atoms with Crippen LogP contribution in [0.15, 0.2) is 40.9 Å². The van der Waals surface area contributed by atoms with E-state index in [4.69, 9.17) is 0 Å². The van der Waals surface area contributed by atoms with Gasteiger partial charge in [-0.2, -0.15) is 0 Å². The van der Waals surface area contributed by atoms with E-state index < -0.39 is 0 Å². The van der Waals surface area contributed by atoms with Gasteiger partial charge in [0.15, 0.2) is 0 Å². The number of aryl methyl sites for hydroxylation is 2. The van der Waals surface area contributed by atoms with Crippen LogP contribution in [0.3, 0.4) is 0 Å². The topological polar surface area (TPSA) is 12.0 Å². The van der Waals surface area contributed by atoms with Gasteiger partial charge in [-0.15, -0.1) is 0 Å². The summed E-state index contributed by atoms with van der Waals surface area (Å²) in [6.07, 6.45) is 2.16. The van der Waals surface area contributed by atoms with Crippen LogP contribution in [0.4, 0.5) is 10.1 Å². The summed E-state index contributed by atoms with van der Waals surface area (Å²) >= 11 is 3.22. The van der Waals surface area contributed by atoms with Gasteiger partial charge in [-0.25, -0.2) is 4.39 Å². The third kappa shape index (κ3) is 2.39. The fraction of sp³-hybridized carbons (Fsp3) is 0.250. The zero-order chi connectivity index (χ0) is 13.4. The van der Waals surface area contributed by atoms with E-state index in [1.165, 1.54) is 11.1 Å². The second-order valence-electron chi connectivity index (χ2n) is 5.02. The predicted molar refractivity (Wildman–Crippen MR) is 80.0 cm³/mol. The minimum Gasteiger partial charge on any atom is -0.378 e. The molecule has 3 heteroatoms. The lowest BCUT2D eigenvalue weighted by Crippen LogP contribution is -2.08. The van der Waals surface area contributed by atoms with E-state index in [0.717, 1.165) is 24.1 Å². The van der Waals surface area contributed by atoms with Crippen molar-refractivity contribution >= 4 is 21.6 Å². The fourth-order valence-corrected chi connectivity index (χ4v) is 3.15. The molecule has 0 bridgehead atoms. The molecule has 2 aromatic rings. The van der Waals surface area contributed by atoms with Crippen LogP contribution in [0.2, 0.25) is 0 Å². The molecule has 1 nitrogen and oxygen atoms in total.